The summed E-state index contributed by atoms with van der Waals surface area (Å²) in [6, 6.07) is 24.9. The zero-order chi connectivity index (χ0) is 20.6. The van der Waals surface area contributed by atoms with Crippen LogP contribution in [0.5, 0.6) is 0 Å². The van der Waals surface area contributed by atoms with Crippen molar-refractivity contribution in [2.24, 2.45) is 5.92 Å². The van der Waals surface area contributed by atoms with Crippen LogP contribution in [0.2, 0.25) is 0 Å². The van der Waals surface area contributed by atoms with E-state index in [1.807, 2.05) is 29.1 Å². The molecule has 1 unspecified atom stereocenters. The first-order chi connectivity index (χ1) is 14.7. The minimum atomic E-state index is -0.970. The summed E-state index contributed by atoms with van der Waals surface area (Å²) in [4.78, 5) is 0. The molecule has 1 saturated carbocycles. The second-order valence-corrected chi connectivity index (χ2v) is 8.63. The Balaban J connectivity index is 1.61. The largest absolute Gasteiger partial charge is 0.380 e. The van der Waals surface area contributed by atoms with Gasteiger partial charge in [0, 0.05) is 5.39 Å². The Bertz CT molecular complexity index is 1140. The van der Waals surface area contributed by atoms with Crippen molar-refractivity contribution in [3.05, 3.63) is 95.7 Å². The molecule has 1 fully saturated rings. The molecule has 0 bridgehead atoms. The van der Waals surface area contributed by atoms with Crippen molar-refractivity contribution in [3.8, 4) is 5.69 Å². The molecule has 0 aliphatic heterocycles. The molecule has 1 aliphatic carbocycles. The Labute approximate surface area is 178 Å². The van der Waals surface area contributed by atoms with Gasteiger partial charge in [-0.3, -0.25) is 0 Å². The Morgan fingerprint density at radius 3 is 2.33 bits per heavy atom. The molecule has 1 atom stereocenters. The van der Waals surface area contributed by atoms with E-state index >= 15 is 0 Å². The van der Waals surface area contributed by atoms with Gasteiger partial charge in [0.15, 0.2) is 0 Å². The average Bonchev–Trinajstić information content (AvgIpc) is 3.23. The highest BCUT2D eigenvalue weighted by Gasteiger charge is 2.40. The van der Waals surface area contributed by atoms with E-state index in [2.05, 4.69) is 66.6 Å². The van der Waals surface area contributed by atoms with Crippen molar-refractivity contribution in [1.29, 1.82) is 0 Å². The van der Waals surface area contributed by atoms with Crippen molar-refractivity contribution in [3.63, 3.8) is 0 Å². The third-order valence-electron chi connectivity index (χ3n) is 6.70. The Hall–Kier alpha value is -2.91. The fourth-order valence-corrected chi connectivity index (χ4v) is 5.01. The van der Waals surface area contributed by atoms with E-state index in [1.54, 1.807) is 0 Å². The van der Waals surface area contributed by atoms with E-state index in [0.717, 1.165) is 40.6 Å². The molecule has 3 heteroatoms. The standard InChI is InChI=1S/C27H28N2O/c1-20-12-15-25(16-13-20)29-26-17-14-24(18-21(26)19-28-29)27(30,22-8-4-2-5-9-22)23-10-6-3-7-11-23/h2,4-5,8-9,12-19,23,30H,3,6-7,10-11H2,1H3. The summed E-state index contributed by atoms with van der Waals surface area (Å²) in [6.07, 6.45) is 7.67. The number of benzene rings is 3. The van der Waals surface area contributed by atoms with E-state index in [0.29, 0.717) is 0 Å². The summed E-state index contributed by atoms with van der Waals surface area (Å²) in [7, 11) is 0. The number of aliphatic hydroxyl groups is 1. The first-order valence-corrected chi connectivity index (χ1v) is 11.0. The van der Waals surface area contributed by atoms with Crippen LogP contribution in [-0.2, 0) is 5.60 Å². The fourth-order valence-electron chi connectivity index (χ4n) is 5.01. The number of rotatable bonds is 4. The van der Waals surface area contributed by atoms with E-state index in [1.165, 1.54) is 24.8 Å². The quantitative estimate of drug-likeness (QED) is 0.449. The molecule has 0 amide bonds. The van der Waals surface area contributed by atoms with Crippen molar-refractivity contribution in [1.82, 2.24) is 9.78 Å². The van der Waals surface area contributed by atoms with Gasteiger partial charge in [0.1, 0.15) is 5.60 Å². The monoisotopic (exact) mass is 396 g/mol. The maximum Gasteiger partial charge on any atom is 0.117 e. The van der Waals surface area contributed by atoms with Gasteiger partial charge in [0.2, 0.25) is 0 Å². The first-order valence-electron chi connectivity index (χ1n) is 11.0. The first kappa shape index (κ1) is 19.1. The molecular formula is C27H28N2O. The molecule has 3 nitrogen and oxygen atoms in total. The van der Waals surface area contributed by atoms with E-state index < -0.39 is 5.60 Å². The number of aryl methyl sites for hydroxylation is 1. The lowest BCUT2D eigenvalue weighted by atomic mass is 9.70. The highest BCUT2D eigenvalue weighted by Crippen LogP contribution is 2.44. The predicted molar refractivity (Wildman–Crippen MR) is 122 cm³/mol. The van der Waals surface area contributed by atoms with Crippen LogP contribution in [0, 0.1) is 12.8 Å². The lowest BCUT2D eigenvalue weighted by molar-refractivity contribution is -0.000605. The molecule has 0 radical (unpaired) electrons. The van der Waals surface area contributed by atoms with Crippen molar-refractivity contribution >= 4 is 10.9 Å². The minimum Gasteiger partial charge on any atom is -0.380 e. The molecule has 152 valence electrons. The zero-order valence-corrected chi connectivity index (χ0v) is 17.5. The highest BCUT2D eigenvalue weighted by molar-refractivity contribution is 5.81. The molecular weight excluding hydrogens is 368 g/mol. The van der Waals surface area contributed by atoms with Crippen LogP contribution in [0.4, 0.5) is 0 Å². The second-order valence-electron chi connectivity index (χ2n) is 8.63. The second kappa shape index (κ2) is 7.73. The SMILES string of the molecule is Cc1ccc(-n2ncc3cc(C(O)(c4ccccc4)C4CCCCC4)ccc32)cc1. The van der Waals surface area contributed by atoms with Crippen LogP contribution in [0.3, 0.4) is 0 Å². The normalized spacial score (nSPS) is 17.1. The molecule has 4 aromatic rings. The van der Waals surface area contributed by atoms with Gasteiger partial charge in [0.25, 0.3) is 0 Å². The number of nitrogens with zero attached hydrogens (tertiary/aromatic N) is 2. The van der Waals surface area contributed by atoms with Gasteiger partial charge in [0.05, 0.1) is 17.4 Å². The molecule has 1 heterocycles. The lowest BCUT2D eigenvalue weighted by Gasteiger charge is -2.39. The smallest absolute Gasteiger partial charge is 0.117 e. The van der Waals surface area contributed by atoms with Crippen LogP contribution in [0.1, 0.15) is 48.8 Å². The van der Waals surface area contributed by atoms with Crippen LogP contribution in [0.15, 0.2) is 79.0 Å². The maximum absolute atomic E-state index is 12.2. The van der Waals surface area contributed by atoms with Gasteiger partial charge in [-0.15, -0.1) is 0 Å². The molecule has 1 aromatic heterocycles. The summed E-state index contributed by atoms with van der Waals surface area (Å²) >= 11 is 0. The number of hydrogen-bond acceptors (Lipinski definition) is 2. The summed E-state index contributed by atoms with van der Waals surface area (Å²) in [6.45, 7) is 2.09. The van der Waals surface area contributed by atoms with Crippen molar-refractivity contribution in [2.75, 3.05) is 0 Å². The topological polar surface area (TPSA) is 38.0 Å². The van der Waals surface area contributed by atoms with Gasteiger partial charge in [-0.05, 0) is 61.1 Å². The number of aromatic nitrogens is 2. The predicted octanol–water partition coefficient (Wildman–Crippen LogP) is 6.15. The van der Waals surface area contributed by atoms with Gasteiger partial charge in [-0.1, -0.05) is 73.4 Å². The van der Waals surface area contributed by atoms with Crippen LogP contribution in [0.25, 0.3) is 16.6 Å². The highest BCUT2D eigenvalue weighted by atomic mass is 16.3. The zero-order valence-electron chi connectivity index (χ0n) is 17.5. The lowest BCUT2D eigenvalue weighted by Crippen LogP contribution is -2.37. The summed E-state index contributed by atoms with van der Waals surface area (Å²) in [5, 5.41) is 17.9. The van der Waals surface area contributed by atoms with Gasteiger partial charge in [-0.2, -0.15) is 5.10 Å². The number of hydrogen-bond donors (Lipinski definition) is 1. The summed E-state index contributed by atoms with van der Waals surface area (Å²) < 4.78 is 1.97. The van der Waals surface area contributed by atoms with Crippen LogP contribution >= 0.6 is 0 Å². The third-order valence-corrected chi connectivity index (χ3v) is 6.70. The van der Waals surface area contributed by atoms with Gasteiger partial charge in [-0.25, -0.2) is 4.68 Å². The molecule has 1 N–H and O–H groups in total. The van der Waals surface area contributed by atoms with Gasteiger partial charge >= 0.3 is 0 Å². The molecule has 0 saturated heterocycles. The van der Waals surface area contributed by atoms with Crippen LogP contribution < -0.4 is 0 Å². The molecule has 5 rings (SSSR count). The number of fused-ring (bicyclic) bond motifs is 1. The van der Waals surface area contributed by atoms with E-state index in [-0.39, 0.29) is 5.92 Å². The van der Waals surface area contributed by atoms with Crippen molar-refractivity contribution in [2.45, 2.75) is 44.6 Å². The van der Waals surface area contributed by atoms with E-state index in [4.69, 9.17) is 0 Å². The molecule has 0 spiro atoms. The maximum atomic E-state index is 12.2. The molecule has 3 aromatic carbocycles. The Kier molecular flexibility index (Phi) is 4.92. The Morgan fingerprint density at radius 1 is 0.867 bits per heavy atom. The van der Waals surface area contributed by atoms with Crippen LogP contribution in [-0.4, -0.2) is 14.9 Å². The van der Waals surface area contributed by atoms with E-state index in [9.17, 15) is 5.11 Å². The third kappa shape index (κ3) is 3.23. The minimum absolute atomic E-state index is 0.234. The molecule has 30 heavy (non-hydrogen) atoms. The molecule has 1 aliphatic rings. The summed E-state index contributed by atoms with van der Waals surface area (Å²) in [5.74, 6) is 0.234. The average molecular weight is 397 g/mol. The fraction of sp³-hybridized carbons (Fsp3) is 0.296. The Morgan fingerprint density at radius 2 is 1.60 bits per heavy atom. The summed E-state index contributed by atoms with van der Waals surface area (Å²) in [5.41, 5.74) is 4.33. The van der Waals surface area contributed by atoms with Gasteiger partial charge < -0.3 is 5.11 Å². The van der Waals surface area contributed by atoms with Crippen molar-refractivity contribution < 1.29 is 5.11 Å².